The number of hydrogen-bond acceptors (Lipinski definition) is 7. The van der Waals surface area contributed by atoms with Gasteiger partial charge in [0.25, 0.3) is 0 Å². The number of anilines is 1. The van der Waals surface area contributed by atoms with Crippen LogP contribution in [0.15, 0.2) is 47.4 Å². The Morgan fingerprint density at radius 2 is 1.87 bits per heavy atom. The lowest BCUT2D eigenvalue weighted by Crippen LogP contribution is -2.40. The first-order valence-electron chi connectivity index (χ1n) is 9.97. The molecule has 0 bridgehead atoms. The van der Waals surface area contributed by atoms with Crippen molar-refractivity contribution in [2.75, 3.05) is 52.0 Å². The molecule has 0 unspecified atom stereocenters. The molecule has 0 aliphatic carbocycles. The Hall–Kier alpha value is -2.66. The average molecular weight is 448 g/mol. The third kappa shape index (κ3) is 5.16. The average Bonchev–Trinajstić information content (AvgIpc) is 3.22. The van der Waals surface area contributed by atoms with E-state index in [4.69, 9.17) is 14.2 Å². The molecule has 0 spiro atoms. The highest BCUT2D eigenvalue weighted by Crippen LogP contribution is 2.32. The fourth-order valence-electron chi connectivity index (χ4n) is 3.52. The summed E-state index contributed by atoms with van der Waals surface area (Å²) in [6.45, 7) is 2.33. The molecule has 1 saturated heterocycles. The Balaban J connectivity index is 1.35. The van der Waals surface area contributed by atoms with Crippen molar-refractivity contribution in [3.05, 3.63) is 48.0 Å². The summed E-state index contributed by atoms with van der Waals surface area (Å²) in [5, 5.41) is 2.78. The number of amides is 1. The fourth-order valence-corrected chi connectivity index (χ4v) is 4.98. The summed E-state index contributed by atoms with van der Waals surface area (Å²) in [5.74, 6) is 1.19. The number of hydrogen-bond donors (Lipinski definition) is 1. The van der Waals surface area contributed by atoms with Gasteiger partial charge in [0, 0.05) is 25.3 Å². The summed E-state index contributed by atoms with van der Waals surface area (Å²) in [6, 6.07) is 12.0. The van der Waals surface area contributed by atoms with E-state index in [0.29, 0.717) is 44.3 Å². The molecule has 0 radical (unpaired) electrons. The second-order valence-corrected chi connectivity index (χ2v) is 9.39. The fraction of sp³-hybridized carbons (Fsp3) is 0.381. The second-order valence-electron chi connectivity index (χ2n) is 7.45. The Morgan fingerprint density at radius 1 is 1.10 bits per heavy atom. The SMILES string of the molecule is CN(CC(=O)Nc1cccc(S(=O)(=O)N2CCOCC2)c1)Cc1ccc2c(c1)OCO2. The van der Waals surface area contributed by atoms with Gasteiger partial charge in [0.2, 0.25) is 22.7 Å². The van der Waals surface area contributed by atoms with Crippen LogP contribution in [-0.4, -0.2) is 70.2 Å². The van der Waals surface area contributed by atoms with E-state index in [1.165, 1.54) is 16.4 Å². The number of fused-ring (bicyclic) bond motifs is 1. The van der Waals surface area contributed by atoms with Crippen LogP contribution in [0.1, 0.15) is 5.56 Å². The number of rotatable bonds is 7. The molecule has 0 saturated carbocycles. The standard InChI is InChI=1S/C21H25N3O6S/c1-23(13-16-5-6-19-20(11-16)30-15-29-19)14-21(25)22-17-3-2-4-18(12-17)31(26,27)24-7-9-28-10-8-24/h2-6,11-12H,7-10,13-15H2,1H3,(H,22,25). The molecule has 2 aromatic rings. The van der Waals surface area contributed by atoms with Gasteiger partial charge in [0.05, 0.1) is 24.7 Å². The topological polar surface area (TPSA) is 97.4 Å². The highest BCUT2D eigenvalue weighted by Gasteiger charge is 2.26. The van der Waals surface area contributed by atoms with Gasteiger partial charge < -0.3 is 19.5 Å². The van der Waals surface area contributed by atoms with Crippen LogP contribution in [0.4, 0.5) is 5.69 Å². The van der Waals surface area contributed by atoms with E-state index in [0.717, 1.165) is 11.3 Å². The molecular weight excluding hydrogens is 422 g/mol. The van der Waals surface area contributed by atoms with Crippen molar-refractivity contribution in [3.63, 3.8) is 0 Å². The van der Waals surface area contributed by atoms with E-state index in [2.05, 4.69) is 5.32 Å². The Morgan fingerprint density at radius 3 is 2.68 bits per heavy atom. The van der Waals surface area contributed by atoms with Crippen molar-refractivity contribution in [3.8, 4) is 11.5 Å². The van der Waals surface area contributed by atoms with Crippen molar-refractivity contribution in [2.24, 2.45) is 0 Å². The maximum absolute atomic E-state index is 12.8. The van der Waals surface area contributed by atoms with Gasteiger partial charge in [-0.25, -0.2) is 8.42 Å². The zero-order valence-corrected chi connectivity index (χ0v) is 18.1. The minimum absolute atomic E-state index is 0.148. The number of nitrogens with one attached hydrogen (secondary N) is 1. The normalized spacial score (nSPS) is 16.5. The van der Waals surface area contributed by atoms with Crippen LogP contribution in [0.2, 0.25) is 0 Å². The van der Waals surface area contributed by atoms with Gasteiger partial charge in [-0.2, -0.15) is 4.31 Å². The van der Waals surface area contributed by atoms with Crippen LogP contribution in [-0.2, 0) is 26.1 Å². The summed E-state index contributed by atoms with van der Waals surface area (Å²) in [5.41, 5.74) is 1.44. The molecule has 2 aliphatic heterocycles. The molecule has 0 atom stereocenters. The monoisotopic (exact) mass is 447 g/mol. The Kier molecular flexibility index (Phi) is 6.42. The predicted molar refractivity (Wildman–Crippen MR) is 114 cm³/mol. The number of benzene rings is 2. The van der Waals surface area contributed by atoms with Crippen LogP contribution in [0.5, 0.6) is 11.5 Å². The van der Waals surface area contributed by atoms with Gasteiger partial charge in [-0.3, -0.25) is 9.69 Å². The largest absolute Gasteiger partial charge is 0.454 e. The number of likely N-dealkylation sites (N-methyl/N-ethyl adjacent to an activating group) is 1. The summed E-state index contributed by atoms with van der Waals surface area (Å²) < 4.78 is 43.0. The molecule has 2 aliphatic rings. The number of ether oxygens (including phenoxy) is 3. The first-order valence-corrected chi connectivity index (χ1v) is 11.4. The third-order valence-electron chi connectivity index (χ3n) is 5.03. The lowest BCUT2D eigenvalue weighted by atomic mass is 10.2. The van der Waals surface area contributed by atoms with Gasteiger partial charge in [0.15, 0.2) is 11.5 Å². The van der Waals surface area contributed by atoms with Crippen molar-refractivity contribution < 1.29 is 27.4 Å². The van der Waals surface area contributed by atoms with Crippen molar-refractivity contribution in [1.29, 1.82) is 0 Å². The van der Waals surface area contributed by atoms with Crippen LogP contribution < -0.4 is 14.8 Å². The first kappa shape index (κ1) is 21.6. The highest BCUT2D eigenvalue weighted by atomic mass is 32.2. The van der Waals surface area contributed by atoms with E-state index in [1.807, 2.05) is 30.1 Å². The van der Waals surface area contributed by atoms with Crippen LogP contribution in [0.25, 0.3) is 0 Å². The smallest absolute Gasteiger partial charge is 0.243 e. The summed E-state index contributed by atoms with van der Waals surface area (Å²) in [6.07, 6.45) is 0. The third-order valence-corrected chi connectivity index (χ3v) is 6.92. The van der Waals surface area contributed by atoms with E-state index in [9.17, 15) is 13.2 Å². The van der Waals surface area contributed by atoms with Crippen LogP contribution in [0.3, 0.4) is 0 Å². The molecule has 9 nitrogen and oxygen atoms in total. The summed E-state index contributed by atoms with van der Waals surface area (Å²) >= 11 is 0. The second kappa shape index (κ2) is 9.23. The maximum Gasteiger partial charge on any atom is 0.243 e. The molecular formula is C21H25N3O6S. The van der Waals surface area contributed by atoms with E-state index >= 15 is 0 Å². The highest BCUT2D eigenvalue weighted by molar-refractivity contribution is 7.89. The van der Waals surface area contributed by atoms with Crippen LogP contribution >= 0.6 is 0 Å². The zero-order valence-electron chi connectivity index (χ0n) is 17.2. The van der Waals surface area contributed by atoms with Gasteiger partial charge in [-0.05, 0) is 42.9 Å². The Bertz CT molecular complexity index is 1050. The molecule has 166 valence electrons. The molecule has 1 N–H and O–H groups in total. The van der Waals surface area contributed by atoms with Crippen LogP contribution in [0, 0.1) is 0 Å². The lowest BCUT2D eigenvalue weighted by Gasteiger charge is -2.26. The van der Waals surface area contributed by atoms with Gasteiger partial charge in [0.1, 0.15) is 0 Å². The molecule has 1 fully saturated rings. The summed E-state index contributed by atoms with van der Waals surface area (Å²) in [4.78, 5) is 14.5. The number of carbonyl (C=O) groups is 1. The number of morpholine rings is 1. The van der Waals surface area contributed by atoms with E-state index in [1.54, 1.807) is 12.1 Å². The summed E-state index contributed by atoms with van der Waals surface area (Å²) in [7, 11) is -1.78. The van der Waals surface area contributed by atoms with E-state index < -0.39 is 10.0 Å². The van der Waals surface area contributed by atoms with Gasteiger partial charge in [-0.15, -0.1) is 0 Å². The van der Waals surface area contributed by atoms with Gasteiger partial charge in [-0.1, -0.05) is 12.1 Å². The minimum Gasteiger partial charge on any atom is -0.454 e. The van der Waals surface area contributed by atoms with Gasteiger partial charge >= 0.3 is 0 Å². The molecule has 4 rings (SSSR count). The molecule has 2 aromatic carbocycles. The Labute approximate surface area is 181 Å². The number of carbonyl (C=O) groups excluding carboxylic acids is 1. The number of nitrogens with zero attached hydrogens (tertiary/aromatic N) is 2. The zero-order chi connectivity index (χ0) is 21.8. The quantitative estimate of drug-likeness (QED) is 0.687. The maximum atomic E-state index is 12.8. The molecule has 1 amide bonds. The molecule has 31 heavy (non-hydrogen) atoms. The van der Waals surface area contributed by atoms with Crippen molar-refractivity contribution in [2.45, 2.75) is 11.4 Å². The van der Waals surface area contributed by atoms with Crippen molar-refractivity contribution >= 4 is 21.6 Å². The molecule has 2 heterocycles. The first-order chi connectivity index (χ1) is 14.9. The predicted octanol–water partition coefficient (Wildman–Crippen LogP) is 1.51. The lowest BCUT2D eigenvalue weighted by molar-refractivity contribution is -0.117. The number of sulfonamides is 1. The molecule has 0 aromatic heterocycles. The minimum atomic E-state index is -3.62. The molecule has 10 heteroatoms. The van der Waals surface area contributed by atoms with Crippen molar-refractivity contribution in [1.82, 2.24) is 9.21 Å². The van der Waals surface area contributed by atoms with E-state index in [-0.39, 0.29) is 24.1 Å².